The Hall–Kier alpha value is -2.95. The summed E-state index contributed by atoms with van der Waals surface area (Å²) in [6, 6.07) is 16.4. The van der Waals surface area contributed by atoms with E-state index in [0.29, 0.717) is 31.5 Å². The van der Waals surface area contributed by atoms with Gasteiger partial charge < -0.3 is 10.6 Å². The summed E-state index contributed by atoms with van der Waals surface area (Å²) in [5, 5.41) is 7.13. The van der Waals surface area contributed by atoms with E-state index in [-0.39, 0.29) is 11.7 Å². The molecule has 3 rings (SSSR count). The molecular weight excluding hydrogens is 317 g/mol. The van der Waals surface area contributed by atoms with Crippen molar-refractivity contribution < 1.29 is 9.18 Å². The highest BCUT2D eigenvalue weighted by molar-refractivity contribution is 5.90. The standard InChI is InChI=1S/C20H20FN3O/c21-17-8-2-1-5-15(17)10-13-23-19(25)11-14-22-18-9-3-6-16-7-4-12-24-20(16)18/h1-9,12,22H,10-11,13-14H2,(H,23,25). The van der Waals surface area contributed by atoms with Crippen molar-refractivity contribution in [3.05, 3.63) is 72.2 Å². The first-order valence-electron chi connectivity index (χ1n) is 8.32. The number of nitrogens with one attached hydrogen (secondary N) is 2. The van der Waals surface area contributed by atoms with Gasteiger partial charge in [-0.15, -0.1) is 0 Å². The lowest BCUT2D eigenvalue weighted by atomic mass is 10.1. The molecule has 0 aliphatic heterocycles. The summed E-state index contributed by atoms with van der Waals surface area (Å²) < 4.78 is 13.5. The molecule has 0 saturated carbocycles. The molecule has 0 saturated heterocycles. The van der Waals surface area contributed by atoms with Crippen LogP contribution >= 0.6 is 0 Å². The van der Waals surface area contributed by atoms with Crippen molar-refractivity contribution >= 4 is 22.5 Å². The quantitative estimate of drug-likeness (QED) is 0.693. The largest absolute Gasteiger partial charge is 0.383 e. The molecule has 4 nitrogen and oxygen atoms in total. The Morgan fingerprint density at radius 2 is 1.84 bits per heavy atom. The molecule has 1 amide bonds. The Morgan fingerprint density at radius 1 is 1.00 bits per heavy atom. The molecule has 0 bridgehead atoms. The molecule has 0 unspecified atom stereocenters. The molecule has 3 aromatic rings. The fourth-order valence-electron chi connectivity index (χ4n) is 2.68. The van der Waals surface area contributed by atoms with Crippen LogP contribution in [0.2, 0.25) is 0 Å². The van der Waals surface area contributed by atoms with Gasteiger partial charge in [0.15, 0.2) is 0 Å². The molecule has 1 heterocycles. The van der Waals surface area contributed by atoms with E-state index in [9.17, 15) is 9.18 Å². The molecule has 0 spiro atoms. The molecule has 1 aromatic heterocycles. The monoisotopic (exact) mass is 337 g/mol. The summed E-state index contributed by atoms with van der Waals surface area (Å²) in [4.78, 5) is 16.3. The zero-order valence-corrected chi connectivity index (χ0v) is 13.8. The fraction of sp³-hybridized carbons (Fsp3) is 0.200. The van der Waals surface area contributed by atoms with Gasteiger partial charge in [0.1, 0.15) is 5.82 Å². The van der Waals surface area contributed by atoms with Crippen molar-refractivity contribution in [3.63, 3.8) is 0 Å². The number of nitrogens with zero attached hydrogens (tertiary/aromatic N) is 1. The number of hydrogen-bond acceptors (Lipinski definition) is 3. The Labute approximate surface area is 146 Å². The number of carbonyl (C=O) groups excluding carboxylic acids is 1. The van der Waals surface area contributed by atoms with Crippen LogP contribution in [0.5, 0.6) is 0 Å². The normalized spacial score (nSPS) is 10.6. The van der Waals surface area contributed by atoms with Crippen molar-refractivity contribution in [1.82, 2.24) is 10.3 Å². The second-order valence-electron chi connectivity index (χ2n) is 5.75. The first-order valence-corrected chi connectivity index (χ1v) is 8.32. The SMILES string of the molecule is O=C(CCNc1cccc2cccnc12)NCCc1ccccc1F. The van der Waals surface area contributed by atoms with Crippen LogP contribution in [0.1, 0.15) is 12.0 Å². The third kappa shape index (κ3) is 4.53. The van der Waals surface area contributed by atoms with Gasteiger partial charge in [0.2, 0.25) is 5.91 Å². The lowest BCUT2D eigenvalue weighted by Gasteiger charge is -2.09. The summed E-state index contributed by atoms with van der Waals surface area (Å²) in [6.07, 6.45) is 2.59. The van der Waals surface area contributed by atoms with E-state index in [1.54, 1.807) is 24.4 Å². The molecule has 0 fully saturated rings. The lowest BCUT2D eigenvalue weighted by Crippen LogP contribution is -2.27. The van der Waals surface area contributed by atoms with Crippen molar-refractivity contribution in [2.75, 3.05) is 18.4 Å². The lowest BCUT2D eigenvalue weighted by molar-refractivity contribution is -0.120. The van der Waals surface area contributed by atoms with E-state index in [4.69, 9.17) is 0 Å². The summed E-state index contributed by atoms with van der Waals surface area (Å²) in [7, 11) is 0. The Morgan fingerprint density at radius 3 is 2.72 bits per heavy atom. The van der Waals surface area contributed by atoms with Gasteiger partial charge in [-0.2, -0.15) is 0 Å². The highest BCUT2D eigenvalue weighted by atomic mass is 19.1. The van der Waals surface area contributed by atoms with Gasteiger partial charge in [-0.25, -0.2) is 4.39 Å². The number of fused-ring (bicyclic) bond motifs is 1. The number of benzene rings is 2. The molecular formula is C20H20FN3O. The molecule has 2 N–H and O–H groups in total. The average molecular weight is 337 g/mol. The topological polar surface area (TPSA) is 54.0 Å². The Balaban J connectivity index is 1.44. The predicted octanol–water partition coefficient (Wildman–Crippen LogP) is 3.53. The third-order valence-electron chi connectivity index (χ3n) is 3.97. The predicted molar refractivity (Wildman–Crippen MR) is 98.0 cm³/mol. The number of hydrogen-bond donors (Lipinski definition) is 2. The average Bonchev–Trinajstić information content (AvgIpc) is 2.63. The number of amides is 1. The van der Waals surface area contributed by atoms with E-state index in [0.717, 1.165) is 16.6 Å². The van der Waals surface area contributed by atoms with Crippen LogP contribution in [0.25, 0.3) is 10.9 Å². The van der Waals surface area contributed by atoms with Crippen LogP contribution in [0.4, 0.5) is 10.1 Å². The third-order valence-corrected chi connectivity index (χ3v) is 3.97. The second kappa shape index (κ2) is 8.24. The van der Waals surface area contributed by atoms with E-state index in [2.05, 4.69) is 15.6 Å². The zero-order valence-electron chi connectivity index (χ0n) is 13.8. The molecule has 0 radical (unpaired) electrons. The fourth-order valence-corrected chi connectivity index (χ4v) is 2.68. The first-order chi connectivity index (χ1) is 12.2. The smallest absolute Gasteiger partial charge is 0.221 e. The van der Waals surface area contributed by atoms with E-state index >= 15 is 0 Å². The van der Waals surface area contributed by atoms with Gasteiger partial charge in [-0.05, 0) is 30.2 Å². The van der Waals surface area contributed by atoms with Gasteiger partial charge in [0.05, 0.1) is 11.2 Å². The van der Waals surface area contributed by atoms with Crippen LogP contribution in [-0.4, -0.2) is 24.0 Å². The van der Waals surface area contributed by atoms with Crippen LogP contribution in [0.3, 0.4) is 0 Å². The Bertz CT molecular complexity index is 861. The summed E-state index contributed by atoms with van der Waals surface area (Å²) in [6.45, 7) is 0.941. The number of rotatable bonds is 7. The minimum absolute atomic E-state index is 0.0583. The molecule has 128 valence electrons. The van der Waals surface area contributed by atoms with Crippen LogP contribution in [-0.2, 0) is 11.2 Å². The van der Waals surface area contributed by atoms with E-state index < -0.39 is 0 Å². The van der Waals surface area contributed by atoms with Crippen molar-refractivity contribution in [2.45, 2.75) is 12.8 Å². The highest BCUT2D eigenvalue weighted by Gasteiger charge is 2.05. The van der Waals surface area contributed by atoms with Gasteiger partial charge in [-0.3, -0.25) is 9.78 Å². The van der Waals surface area contributed by atoms with Gasteiger partial charge in [-0.1, -0.05) is 36.4 Å². The summed E-state index contributed by atoms with van der Waals surface area (Å²) in [5.74, 6) is -0.293. The maximum atomic E-state index is 13.5. The maximum Gasteiger partial charge on any atom is 0.221 e. The van der Waals surface area contributed by atoms with Gasteiger partial charge in [0, 0.05) is 31.1 Å². The van der Waals surface area contributed by atoms with Crippen LogP contribution in [0, 0.1) is 5.82 Å². The molecule has 2 aromatic carbocycles. The number of anilines is 1. The van der Waals surface area contributed by atoms with E-state index in [1.807, 2.05) is 30.3 Å². The minimum Gasteiger partial charge on any atom is -0.383 e. The molecule has 0 aliphatic carbocycles. The Kier molecular flexibility index (Phi) is 5.57. The second-order valence-corrected chi connectivity index (χ2v) is 5.75. The van der Waals surface area contributed by atoms with E-state index in [1.165, 1.54) is 6.07 Å². The van der Waals surface area contributed by atoms with Gasteiger partial charge >= 0.3 is 0 Å². The van der Waals surface area contributed by atoms with Crippen molar-refractivity contribution in [2.24, 2.45) is 0 Å². The van der Waals surface area contributed by atoms with Crippen molar-refractivity contribution in [1.29, 1.82) is 0 Å². The molecule has 0 atom stereocenters. The summed E-state index contributed by atoms with van der Waals surface area (Å²) >= 11 is 0. The molecule has 5 heteroatoms. The maximum absolute atomic E-state index is 13.5. The van der Waals surface area contributed by atoms with Crippen LogP contribution < -0.4 is 10.6 Å². The zero-order chi connectivity index (χ0) is 17.5. The minimum atomic E-state index is -0.234. The number of para-hydroxylation sites is 1. The van der Waals surface area contributed by atoms with Crippen molar-refractivity contribution in [3.8, 4) is 0 Å². The number of aromatic nitrogens is 1. The van der Waals surface area contributed by atoms with Crippen LogP contribution in [0.15, 0.2) is 60.8 Å². The summed E-state index contributed by atoms with van der Waals surface area (Å²) in [5.41, 5.74) is 2.42. The number of halogens is 1. The first kappa shape index (κ1) is 16.9. The highest BCUT2D eigenvalue weighted by Crippen LogP contribution is 2.20. The van der Waals surface area contributed by atoms with Gasteiger partial charge in [0.25, 0.3) is 0 Å². The number of carbonyl (C=O) groups is 1. The number of pyridine rings is 1. The molecule has 0 aliphatic rings. The molecule has 25 heavy (non-hydrogen) atoms.